The van der Waals surface area contributed by atoms with Crippen LogP contribution in [-0.4, -0.2) is 101 Å². The molecular weight excluding hydrogens is 510 g/mol. The van der Waals surface area contributed by atoms with E-state index in [4.69, 9.17) is 4.74 Å². The van der Waals surface area contributed by atoms with Crippen molar-refractivity contribution < 1.29 is 24.9 Å². The van der Waals surface area contributed by atoms with E-state index >= 15 is 0 Å². The number of aliphatic hydroxyl groups excluding tert-OH is 3. The van der Waals surface area contributed by atoms with E-state index in [1.54, 1.807) is 0 Å². The second-order valence-electron chi connectivity index (χ2n) is 10.5. The summed E-state index contributed by atoms with van der Waals surface area (Å²) in [5.41, 5.74) is 3.78. The minimum Gasteiger partial charge on any atom is -0.388 e. The first kappa shape index (κ1) is 27.8. The van der Waals surface area contributed by atoms with Crippen LogP contribution in [0.1, 0.15) is 5.69 Å². The summed E-state index contributed by atoms with van der Waals surface area (Å²) in [6.07, 6.45) is -3.29. The van der Waals surface area contributed by atoms with Gasteiger partial charge in [0.1, 0.15) is 36.1 Å². The third-order valence-corrected chi connectivity index (χ3v) is 7.88. The van der Waals surface area contributed by atoms with Crippen LogP contribution in [0.4, 0.5) is 5.69 Å². The molecule has 0 saturated carbocycles. The molecule has 2 aromatic carbocycles. The molecule has 2 aliphatic heterocycles. The van der Waals surface area contributed by atoms with Crippen LogP contribution in [0.25, 0.3) is 28.1 Å². The minimum absolute atomic E-state index is 0.103. The van der Waals surface area contributed by atoms with Gasteiger partial charge in [0.15, 0.2) is 0 Å². The molecule has 3 heterocycles. The van der Waals surface area contributed by atoms with Crippen molar-refractivity contribution in [2.75, 3.05) is 51.3 Å². The Balaban J connectivity index is 1.29. The lowest BCUT2D eigenvalue weighted by molar-refractivity contribution is -0.185. The minimum atomic E-state index is -1.36. The van der Waals surface area contributed by atoms with Crippen molar-refractivity contribution in [3.63, 3.8) is 0 Å². The van der Waals surface area contributed by atoms with Crippen LogP contribution >= 0.6 is 0 Å². The second-order valence-corrected chi connectivity index (χ2v) is 10.5. The molecule has 2 aliphatic rings. The molecule has 10 nitrogen and oxygen atoms in total. The largest absolute Gasteiger partial charge is 0.388 e. The lowest BCUT2D eigenvalue weighted by atomic mass is 10.00. The monoisotopic (exact) mass is 545 g/mol. The first-order valence-corrected chi connectivity index (χ1v) is 13.4. The van der Waals surface area contributed by atoms with Crippen molar-refractivity contribution in [3.8, 4) is 17.3 Å². The molecule has 4 atom stereocenters. The number of ether oxygens (including phenoxy) is 1. The number of rotatable bonds is 6. The molecule has 0 radical (unpaired) electrons. The zero-order chi connectivity index (χ0) is 28.4. The van der Waals surface area contributed by atoms with Gasteiger partial charge in [-0.2, -0.15) is 5.26 Å². The number of carbonyl (C=O) groups is 1. The van der Waals surface area contributed by atoms with E-state index in [0.29, 0.717) is 5.69 Å². The molecule has 0 aliphatic carbocycles. The molecular formula is C30H35N5O5. The third kappa shape index (κ3) is 5.75. The number of hydrogen-bond donors (Lipinski definition) is 4. The fraction of sp³-hybridized carbons (Fsp3) is 0.400. The molecule has 10 heteroatoms. The Morgan fingerprint density at radius 3 is 2.50 bits per heavy atom. The van der Waals surface area contributed by atoms with Crippen molar-refractivity contribution in [2.45, 2.75) is 24.4 Å². The molecule has 1 amide bonds. The average molecular weight is 546 g/mol. The third-order valence-electron chi connectivity index (χ3n) is 7.88. The van der Waals surface area contributed by atoms with E-state index in [-0.39, 0.29) is 18.7 Å². The van der Waals surface area contributed by atoms with Crippen LogP contribution < -0.4 is 10.2 Å². The summed E-state index contributed by atoms with van der Waals surface area (Å²) in [7, 11) is 4.04. The van der Waals surface area contributed by atoms with Crippen LogP contribution in [-0.2, 0) is 16.6 Å². The maximum absolute atomic E-state index is 12.7. The first-order valence-electron chi connectivity index (χ1n) is 13.4. The lowest BCUT2D eigenvalue weighted by Gasteiger charge is -2.35. The highest BCUT2D eigenvalue weighted by molar-refractivity contribution is 6.01. The molecule has 2 saturated heterocycles. The van der Waals surface area contributed by atoms with Crippen LogP contribution in [0, 0.1) is 11.3 Å². The topological polar surface area (TPSA) is 134 Å². The quantitative estimate of drug-likeness (QED) is 0.267. The number of amides is 1. The first-order chi connectivity index (χ1) is 19.2. The highest BCUT2D eigenvalue weighted by Gasteiger charge is 2.37. The molecule has 4 unspecified atom stereocenters. The Labute approximate surface area is 233 Å². The van der Waals surface area contributed by atoms with Gasteiger partial charge in [0.25, 0.3) is 5.91 Å². The highest BCUT2D eigenvalue weighted by atomic mass is 16.5. The molecule has 4 N–H and O–H groups in total. The number of nitriles is 1. The summed E-state index contributed by atoms with van der Waals surface area (Å²) in [5, 5.41) is 44.0. The van der Waals surface area contributed by atoms with Gasteiger partial charge >= 0.3 is 0 Å². The predicted octanol–water partition coefficient (Wildman–Crippen LogP) is 1.10. The lowest BCUT2D eigenvalue weighted by Crippen LogP contribution is -2.56. The van der Waals surface area contributed by atoms with Gasteiger partial charge < -0.3 is 39.7 Å². The van der Waals surface area contributed by atoms with E-state index in [2.05, 4.69) is 58.6 Å². The highest BCUT2D eigenvalue weighted by Crippen LogP contribution is 2.29. The number of aromatic nitrogens is 1. The van der Waals surface area contributed by atoms with E-state index in [1.807, 2.05) is 29.8 Å². The maximum atomic E-state index is 12.7. The Bertz CT molecular complexity index is 1450. The fourth-order valence-corrected chi connectivity index (χ4v) is 5.25. The Morgan fingerprint density at radius 2 is 1.75 bits per heavy atom. The molecule has 5 rings (SSSR count). The summed E-state index contributed by atoms with van der Waals surface area (Å²) in [5.74, 6) is -0.622. The zero-order valence-electron chi connectivity index (χ0n) is 22.7. The molecule has 40 heavy (non-hydrogen) atoms. The number of anilines is 1. The summed E-state index contributed by atoms with van der Waals surface area (Å²) >= 11 is 0. The van der Waals surface area contributed by atoms with Crippen molar-refractivity contribution >= 4 is 28.4 Å². The van der Waals surface area contributed by atoms with E-state index in [0.717, 1.165) is 42.8 Å². The Hall–Kier alpha value is -3.72. The van der Waals surface area contributed by atoms with Gasteiger partial charge in [0.2, 0.25) is 0 Å². The van der Waals surface area contributed by atoms with Gasteiger partial charge in [-0.25, -0.2) is 0 Å². The summed E-state index contributed by atoms with van der Waals surface area (Å²) in [6, 6.07) is 18.7. The van der Waals surface area contributed by atoms with E-state index < -0.39 is 30.3 Å². The van der Waals surface area contributed by atoms with E-state index in [9.17, 15) is 25.4 Å². The van der Waals surface area contributed by atoms with E-state index in [1.165, 1.54) is 17.1 Å². The van der Waals surface area contributed by atoms with Crippen molar-refractivity contribution in [2.24, 2.45) is 7.05 Å². The Morgan fingerprint density at radius 1 is 1.02 bits per heavy atom. The number of hydrogen-bond acceptors (Lipinski definition) is 8. The number of benzene rings is 2. The van der Waals surface area contributed by atoms with Gasteiger partial charge in [0.05, 0.1) is 6.61 Å². The number of carbonyl (C=O) groups excluding carboxylic acids is 1. The maximum Gasteiger partial charge on any atom is 0.262 e. The molecule has 0 bridgehead atoms. The number of aliphatic hydroxyl groups is 3. The van der Waals surface area contributed by atoms with Crippen LogP contribution in [0.3, 0.4) is 0 Å². The zero-order valence-corrected chi connectivity index (χ0v) is 22.7. The molecule has 210 valence electrons. The molecule has 0 spiro atoms. The molecule has 3 aromatic rings. The molecule has 1 aromatic heterocycles. The Kier molecular flexibility index (Phi) is 8.21. The summed E-state index contributed by atoms with van der Waals surface area (Å²) in [6.45, 7) is 3.89. The number of likely N-dealkylation sites (N-methyl/N-ethyl adjacent to an activating group) is 1. The second kappa shape index (κ2) is 11.8. The van der Waals surface area contributed by atoms with Gasteiger partial charge in [-0.15, -0.1) is 0 Å². The number of piperazine rings is 1. The van der Waals surface area contributed by atoms with Crippen molar-refractivity contribution in [3.05, 3.63) is 59.8 Å². The average Bonchev–Trinajstić information content (AvgIpc) is 3.33. The van der Waals surface area contributed by atoms with Crippen molar-refractivity contribution in [1.29, 1.82) is 5.26 Å². The smallest absolute Gasteiger partial charge is 0.262 e. The van der Waals surface area contributed by atoms with Crippen LogP contribution in [0.2, 0.25) is 0 Å². The SMILES string of the molecule is CN1CCN(c2ccc3cc(-c4ccc(C=C(C#N)C(=O)NCC5OCC(O)C(O)C5O)n4C)ccc3c2)CC1. The van der Waals surface area contributed by atoms with Gasteiger partial charge in [-0.05, 0) is 59.8 Å². The number of fused-ring (bicyclic) bond motifs is 1. The molecule has 2 fully saturated rings. The van der Waals surface area contributed by atoms with Crippen LogP contribution in [0.5, 0.6) is 0 Å². The van der Waals surface area contributed by atoms with Crippen LogP contribution in [0.15, 0.2) is 54.1 Å². The standard InChI is InChI=1S/C30H35N5O5/c1-33-9-11-35(12-10-33)24-6-5-19-13-21(4-3-20(19)14-24)25-8-7-23(34(25)2)15-22(16-31)30(39)32-17-27-29(38)28(37)26(36)18-40-27/h3-8,13-15,26-29,36-38H,9-12,17-18H2,1-2H3,(H,32,39). The summed E-state index contributed by atoms with van der Waals surface area (Å²) in [4.78, 5) is 17.5. The normalized spacial score (nSPS) is 24.2. The van der Waals surface area contributed by atoms with Crippen molar-refractivity contribution in [1.82, 2.24) is 14.8 Å². The fourth-order valence-electron chi connectivity index (χ4n) is 5.25. The summed E-state index contributed by atoms with van der Waals surface area (Å²) < 4.78 is 7.24. The van der Waals surface area contributed by atoms with Gasteiger partial charge in [-0.3, -0.25) is 4.79 Å². The van der Waals surface area contributed by atoms with Gasteiger partial charge in [-0.1, -0.05) is 18.2 Å². The predicted molar refractivity (Wildman–Crippen MR) is 152 cm³/mol. The van der Waals surface area contributed by atoms with Gasteiger partial charge in [0, 0.05) is 56.8 Å². The number of nitrogens with zero attached hydrogens (tertiary/aromatic N) is 4. The number of nitrogens with one attached hydrogen (secondary N) is 1.